The first-order valence-corrected chi connectivity index (χ1v) is 7.15. The van der Waals surface area contributed by atoms with Gasteiger partial charge < -0.3 is 5.32 Å². The molecule has 1 nitrogen and oxygen atoms in total. The Morgan fingerprint density at radius 2 is 2.19 bits per heavy atom. The van der Waals surface area contributed by atoms with Gasteiger partial charge in [-0.25, -0.2) is 4.39 Å². The van der Waals surface area contributed by atoms with Crippen LogP contribution in [0.15, 0.2) is 18.2 Å². The molecular formula is C12H17ClFNS. The number of rotatable bonds is 7. The quantitative estimate of drug-likeness (QED) is 0.751. The first-order valence-electron chi connectivity index (χ1n) is 5.38. The van der Waals surface area contributed by atoms with Gasteiger partial charge in [0.25, 0.3) is 0 Å². The van der Waals surface area contributed by atoms with Crippen LogP contribution in [0.4, 0.5) is 4.39 Å². The van der Waals surface area contributed by atoms with Gasteiger partial charge in [-0.05, 0) is 43.0 Å². The van der Waals surface area contributed by atoms with Crippen molar-refractivity contribution in [3.05, 3.63) is 34.6 Å². The van der Waals surface area contributed by atoms with E-state index in [9.17, 15) is 4.39 Å². The van der Waals surface area contributed by atoms with E-state index in [1.807, 2.05) is 17.8 Å². The van der Waals surface area contributed by atoms with E-state index < -0.39 is 0 Å². The summed E-state index contributed by atoms with van der Waals surface area (Å²) >= 11 is 7.70. The molecule has 0 bridgehead atoms. The molecule has 0 amide bonds. The van der Waals surface area contributed by atoms with Crippen molar-refractivity contribution in [3.63, 3.8) is 0 Å². The van der Waals surface area contributed by atoms with Crippen molar-refractivity contribution >= 4 is 23.4 Å². The molecule has 4 heteroatoms. The summed E-state index contributed by atoms with van der Waals surface area (Å²) in [6.45, 7) is 1.59. The highest BCUT2D eigenvalue weighted by Gasteiger charge is 2.04. The summed E-state index contributed by atoms with van der Waals surface area (Å²) in [7, 11) is 0. The van der Waals surface area contributed by atoms with Crippen LogP contribution in [0, 0.1) is 5.82 Å². The third-order valence-corrected chi connectivity index (χ3v) is 3.42. The van der Waals surface area contributed by atoms with Crippen LogP contribution in [0.5, 0.6) is 0 Å². The number of unbranched alkanes of at least 4 members (excludes halogenated alkanes) is 1. The lowest BCUT2D eigenvalue weighted by Gasteiger charge is -2.06. The molecule has 0 saturated carbocycles. The smallest absolute Gasteiger partial charge is 0.142 e. The Labute approximate surface area is 106 Å². The van der Waals surface area contributed by atoms with Gasteiger partial charge in [0.05, 0.1) is 5.02 Å². The van der Waals surface area contributed by atoms with Crippen LogP contribution in [-0.2, 0) is 6.54 Å². The van der Waals surface area contributed by atoms with E-state index in [0.717, 1.165) is 18.5 Å². The van der Waals surface area contributed by atoms with Gasteiger partial charge in [-0.2, -0.15) is 11.8 Å². The Balaban J connectivity index is 2.24. The van der Waals surface area contributed by atoms with E-state index in [-0.39, 0.29) is 10.8 Å². The zero-order valence-corrected chi connectivity index (χ0v) is 11.0. The summed E-state index contributed by atoms with van der Waals surface area (Å²) in [5.41, 5.74) is 0.825. The minimum Gasteiger partial charge on any atom is -0.313 e. The molecule has 0 atom stereocenters. The minimum absolute atomic E-state index is 0.235. The van der Waals surface area contributed by atoms with Gasteiger partial charge >= 0.3 is 0 Å². The van der Waals surface area contributed by atoms with Crippen molar-refractivity contribution in [2.24, 2.45) is 0 Å². The normalized spacial score (nSPS) is 10.7. The highest BCUT2D eigenvalue weighted by atomic mass is 35.5. The van der Waals surface area contributed by atoms with Crippen molar-refractivity contribution in [1.29, 1.82) is 0 Å². The number of hydrogen-bond acceptors (Lipinski definition) is 2. The third-order valence-electron chi connectivity index (χ3n) is 2.30. The lowest BCUT2D eigenvalue weighted by Crippen LogP contribution is -2.15. The van der Waals surface area contributed by atoms with E-state index in [4.69, 9.17) is 11.6 Å². The number of benzene rings is 1. The van der Waals surface area contributed by atoms with E-state index in [0.29, 0.717) is 6.54 Å². The highest BCUT2D eigenvalue weighted by Crippen LogP contribution is 2.19. The standard InChI is InChI=1S/C12H17ClFNS/c1-16-8-3-2-7-15-9-10-5-4-6-11(14)12(10)13/h4-6,15H,2-3,7-9H2,1H3. The molecule has 0 aliphatic heterocycles. The summed E-state index contributed by atoms with van der Waals surface area (Å²) in [5.74, 6) is 0.853. The number of nitrogens with one attached hydrogen (secondary N) is 1. The molecule has 1 aromatic carbocycles. The molecule has 0 radical (unpaired) electrons. The average Bonchev–Trinajstić information content (AvgIpc) is 2.29. The second-order valence-corrected chi connectivity index (χ2v) is 4.95. The summed E-state index contributed by atoms with van der Waals surface area (Å²) in [6, 6.07) is 4.91. The predicted molar refractivity (Wildman–Crippen MR) is 70.7 cm³/mol. The fraction of sp³-hybridized carbons (Fsp3) is 0.500. The second kappa shape index (κ2) is 7.93. The van der Waals surface area contributed by atoms with Gasteiger partial charge in [-0.1, -0.05) is 23.7 Å². The van der Waals surface area contributed by atoms with E-state index in [1.165, 1.54) is 18.2 Å². The summed E-state index contributed by atoms with van der Waals surface area (Å²) in [6.07, 6.45) is 4.47. The average molecular weight is 262 g/mol. The molecule has 0 saturated heterocycles. The molecule has 0 aliphatic carbocycles. The van der Waals surface area contributed by atoms with Gasteiger partial charge in [-0.15, -0.1) is 0 Å². The molecule has 1 N–H and O–H groups in total. The Morgan fingerprint density at radius 1 is 1.38 bits per heavy atom. The zero-order valence-electron chi connectivity index (χ0n) is 9.43. The van der Waals surface area contributed by atoms with Crippen LogP contribution in [0.25, 0.3) is 0 Å². The van der Waals surface area contributed by atoms with Crippen LogP contribution < -0.4 is 5.32 Å². The van der Waals surface area contributed by atoms with Gasteiger partial charge in [0.1, 0.15) is 5.82 Å². The van der Waals surface area contributed by atoms with Crippen LogP contribution in [0.1, 0.15) is 18.4 Å². The molecule has 1 aromatic rings. The largest absolute Gasteiger partial charge is 0.313 e. The van der Waals surface area contributed by atoms with Crippen LogP contribution >= 0.6 is 23.4 Å². The van der Waals surface area contributed by atoms with Crippen LogP contribution in [-0.4, -0.2) is 18.6 Å². The summed E-state index contributed by atoms with van der Waals surface area (Å²) in [5, 5.41) is 3.50. The lowest BCUT2D eigenvalue weighted by atomic mass is 10.2. The fourth-order valence-electron chi connectivity index (χ4n) is 1.40. The Bertz CT molecular complexity index is 320. The highest BCUT2D eigenvalue weighted by molar-refractivity contribution is 7.98. The molecule has 0 fully saturated rings. The number of halogens is 2. The minimum atomic E-state index is -0.344. The second-order valence-electron chi connectivity index (χ2n) is 3.59. The van der Waals surface area contributed by atoms with Crippen molar-refractivity contribution in [2.75, 3.05) is 18.6 Å². The van der Waals surface area contributed by atoms with E-state index >= 15 is 0 Å². The molecule has 0 heterocycles. The third kappa shape index (κ3) is 4.73. The van der Waals surface area contributed by atoms with Crippen LogP contribution in [0.3, 0.4) is 0 Å². The van der Waals surface area contributed by atoms with Gasteiger partial charge in [0.2, 0.25) is 0 Å². The first kappa shape index (κ1) is 13.8. The SMILES string of the molecule is CSCCCCNCc1cccc(F)c1Cl. The van der Waals surface area contributed by atoms with E-state index in [1.54, 1.807) is 6.07 Å². The first-order chi connectivity index (χ1) is 7.75. The Hall–Kier alpha value is -0.250. The number of hydrogen-bond donors (Lipinski definition) is 1. The topological polar surface area (TPSA) is 12.0 Å². The fourth-order valence-corrected chi connectivity index (χ4v) is 2.09. The maximum Gasteiger partial charge on any atom is 0.142 e. The molecule has 1 rings (SSSR count). The monoisotopic (exact) mass is 261 g/mol. The van der Waals surface area contributed by atoms with Crippen LogP contribution in [0.2, 0.25) is 5.02 Å². The Kier molecular flexibility index (Phi) is 6.85. The predicted octanol–water partition coefficient (Wildman–Crippen LogP) is 3.71. The van der Waals surface area contributed by atoms with Crippen molar-refractivity contribution in [1.82, 2.24) is 5.32 Å². The maximum absolute atomic E-state index is 13.1. The van der Waals surface area contributed by atoms with Crippen molar-refractivity contribution < 1.29 is 4.39 Å². The molecule has 0 unspecified atom stereocenters. The summed E-state index contributed by atoms with van der Waals surface area (Å²) in [4.78, 5) is 0. The molecule has 0 aromatic heterocycles. The van der Waals surface area contributed by atoms with Crippen molar-refractivity contribution in [2.45, 2.75) is 19.4 Å². The van der Waals surface area contributed by atoms with Gasteiger partial charge in [0, 0.05) is 6.54 Å². The molecule has 90 valence electrons. The number of thioether (sulfide) groups is 1. The molecule has 16 heavy (non-hydrogen) atoms. The zero-order chi connectivity index (χ0) is 11.8. The lowest BCUT2D eigenvalue weighted by molar-refractivity contribution is 0.615. The molecule has 0 spiro atoms. The van der Waals surface area contributed by atoms with Gasteiger partial charge in [-0.3, -0.25) is 0 Å². The molecule has 0 aliphatic rings. The van der Waals surface area contributed by atoms with E-state index in [2.05, 4.69) is 11.6 Å². The molecular weight excluding hydrogens is 245 g/mol. The maximum atomic E-state index is 13.1. The summed E-state index contributed by atoms with van der Waals surface area (Å²) < 4.78 is 13.1. The van der Waals surface area contributed by atoms with Crippen molar-refractivity contribution in [3.8, 4) is 0 Å². The Morgan fingerprint density at radius 3 is 2.94 bits per heavy atom. The van der Waals surface area contributed by atoms with Gasteiger partial charge in [0.15, 0.2) is 0 Å².